The fourth-order valence-corrected chi connectivity index (χ4v) is 1.03. The van der Waals surface area contributed by atoms with E-state index in [4.69, 9.17) is 16.3 Å². The highest BCUT2D eigenvalue weighted by Crippen LogP contribution is 2.14. The molecule has 3 heteroatoms. The van der Waals surface area contributed by atoms with Crippen molar-refractivity contribution in [3.8, 4) is 0 Å². The van der Waals surface area contributed by atoms with Gasteiger partial charge in [0.25, 0.3) is 0 Å². The molecule has 0 amide bonds. The smallest absolute Gasteiger partial charge is 0.117 e. The molecule has 0 aromatic heterocycles. The Morgan fingerprint density at radius 1 is 1.21 bits per heavy atom. The molecule has 1 N–H and O–H groups in total. The van der Waals surface area contributed by atoms with E-state index in [0.29, 0.717) is 6.73 Å². The molecule has 0 fully saturated rings. The zero-order valence-corrected chi connectivity index (χ0v) is 9.56. The van der Waals surface area contributed by atoms with Crippen LogP contribution in [0.15, 0.2) is 24.3 Å². The summed E-state index contributed by atoms with van der Waals surface area (Å²) >= 11 is 5.76. The molecule has 0 aliphatic rings. The van der Waals surface area contributed by atoms with Crippen molar-refractivity contribution in [1.82, 2.24) is 0 Å². The van der Waals surface area contributed by atoms with Crippen molar-refractivity contribution in [2.24, 2.45) is 0 Å². The summed E-state index contributed by atoms with van der Waals surface area (Å²) < 4.78 is 5.52. The van der Waals surface area contributed by atoms with Crippen LogP contribution >= 0.6 is 11.6 Å². The van der Waals surface area contributed by atoms with Gasteiger partial charge in [-0.3, -0.25) is 0 Å². The lowest BCUT2D eigenvalue weighted by Gasteiger charge is -2.20. The quantitative estimate of drug-likeness (QED) is 0.776. The largest absolute Gasteiger partial charge is 0.363 e. The average molecular weight is 214 g/mol. The van der Waals surface area contributed by atoms with Gasteiger partial charge in [0.1, 0.15) is 6.73 Å². The molecule has 1 rings (SSSR count). The van der Waals surface area contributed by atoms with Gasteiger partial charge in [0.05, 0.1) is 5.60 Å². The summed E-state index contributed by atoms with van der Waals surface area (Å²) in [5, 5.41) is 3.89. The van der Waals surface area contributed by atoms with Crippen LogP contribution in [0.25, 0.3) is 0 Å². The van der Waals surface area contributed by atoms with Gasteiger partial charge in [0, 0.05) is 10.7 Å². The zero-order chi connectivity index (χ0) is 10.6. The monoisotopic (exact) mass is 213 g/mol. The van der Waals surface area contributed by atoms with Crippen LogP contribution in [0.1, 0.15) is 20.8 Å². The summed E-state index contributed by atoms with van der Waals surface area (Å²) in [6.45, 7) is 6.58. The van der Waals surface area contributed by atoms with Gasteiger partial charge in [0.2, 0.25) is 0 Å². The number of rotatable bonds is 3. The Balaban J connectivity index is 2.35. The van der Waals surface area contributed by atoms with Crippen molar-refractivity contribution in [3.05, 3.63) is 29.3 Å². The zero-order valence-electron chi connectivity index (χ0n) is 8.80. The average Bonchev–Trinajstić information content (AvgIpc) is 2.06. The molecule has 0 aliphatic carbocycles. The second kappa shape index (κ2) is 4.67. The minimum absolute atomic E-state index is 0.112. The summed E-state index contributed by atoms with van der Waals surface area (Å²) in [7, 11) is 0. The molecule has 0 aliphatic heterocycles. The summed E-state index contributed by atoms with van der Waals surface area (Å²) in [4.78, 5) is 0. The van der Waals surface area contributed by atoms with Crippen LogP contribution < -0.4 is 5.32 Å². The number of anilines is 1. The van der Waals surface area contributed by atoms with Crippen LogP contribution in [0.4, 0.5) is 5.69 Å². The predicted octanol–water partition coefficient (Wildman–Crippen LogP) is 3.52. The fraction of sp³-hybridized carbons (Fsp3) is 0.455. The second-order valence-corrected chi connectivity index (χ2v) is 4.52. The van der Waals surface area contributed by atoms with Crippen molar-refractivity contribution in [3.63, 3.8) is 0 Å². The van der Waals surface area contributed by atoms with Gasteiger partial charge >= 0.3 is 0 Å². The summed E-state index contributed by atoms with van der Waals surface area (Å²) in [6.07, 6.45) is 0. The normalized spacial score (nSPS) is 11.4. The minimum atomic E-state index is -0.112. The van der Waals surface area contributed by atoms with Gasteiger partial charge in [-0.15, -0.1) is 0 Å². The lowest BCUT2D eigenvalue weighted by Crippen LogP contribution is -2.22. The molecule has 0 saturated heterocycles. The van der Waals surface area contributed by atoms with Crippen molar-refractivity contribution in [2.45, 2.75) is 26.4 Å². The molecule has 0 unspecified atom stereocenters. The van der Waals surface area contributed by atoms with Gasteiger partial charge in [-0.25, -0.2) is 0 Å². The van der Waals surface area contributed by atoms with Gasteiger partial charge in [0.15, 0.2) is 0 Å². The van der Waals surface area contributed by atoms with Crippen LogP contribution in [-0.4, -0.2) is 12.3 Å². The third-order valence-corrected chi connectivity index (χ3v) is 1.88. The van der Waals surface area contributed by atoms with Gasteiger partial charge in [-0.2, -0.15) is 0 Å². The molecule has 2 nitrogen and oxygen atoms in total. The van der Waals surface area contributed by atoms with Gasteiger partial charge < -0.3 is 10.1 Å². The SMILES string of the molecule is CC(C)(C)OCNc1ccc(Cl)cc1. The first-order chi connectivity index (χ1) is 6.47. The van der Waals surface area contributed by atoms with E-state index in [9.17, 15) is 0 Å². The van der Waals surface area contributed by atoms with Crippen LogP contribution in [-0.2, 0) is 4.74 Å². The molecule has 0 saturated carbocycles. The van der Waals surface area contributed by atoms with Crippen molar-refractivity contribution in [2.75, 3.05) is 12.0 Å². The van der Waals surface area contributed by atoms with Crippen LogP contribution in [0.2, 0.25) is 5.02 Å². The third-order valence-electron chi connectivity index (χ3n) is 1.63. The van der Waals surface area contributed by atoms with E-state index < -0.39 is 0 Å². The summed E-state index contributed by atoms with van der Waals surface area (Å²) in [6, 6.07) is 7.55. The van der Waals surface area contributed by atoms with Gasteiger partial charge in [-0.05, 0) is 45.0 Å². The topological polar surface area (TPSA) is 21.3 Å². The highest BCUT2D eigenvalue weighted by atomic mass is 35.5. The fourth-order valence-electron chi connectivity index (χ4n) is 0.904. The van der Waals surface area contributed by atoms with Crippen LogP contribution in [0.3, 0.4) is 0 Å². The first-order valence-corrected chi connectivity index (χ1v) is 4.98. The van der Waals surface area contributed by atoms with Crippen LogP contribution in [0, 0.1) is 0 Å². The van der Waals surface area contributed by atoms with Crippen molar-refractivity contribution in [1.29, 1.82) is 0 Å². The molecule has 0 radical (unpaired) electrons. The first-order valence-electron chi connectivity index (χ1n) is 4.61. The minimum Gasteiger partial charge on any atom is -0.363 e. The molecule has 1 aromatic carbocycles. The molecular formula is C11H16ClNO. The number of hydrogen-bond donors (Lipinski definition) is 1. The third kappa shape index (κ3) is 4.49. The summed E-state index contributed by atoms with van der Waals surface area (Å²) in [5.74, 6) is 0. The Hall–Kier alpha value is -0.730. The van der Waals surface area contributed by atoms with E-state index in [1.54, 1.807) is 0 Å². The molecule has 0 heterocycles. The molecule has 78 valence electrons. The lowest BCUT2D eigenvalue weighted by atomic mass is 10.2. The highest BCUT2D eigenvalue weighted by Gasteiger charge is 2.08. The molecule has 14 heavy (non-hydrogen) atoms. The lowest BCUT2D eigenvalue weighted by molar-refractivity contribution is 0.00846. The second-order valence-electron chi connectivity index (χ2n) is 4.08. The Bertz CT molecular complexity index is 276. The maximum Gasteiger partial charge on any atom is 0.117 e. The molecular weight excluding hydrogens is 198 g/mol. The van der Waals surface area contributed by atoms with E-state index in [0.717, 1.165) is 10.7 Å². The Kier molecular flexibility index (Phi) is 3.78. The predicted molar refractivity (Wildman–Crippen MR) is 60.8 cm³/mol. The van der Waals surface area contributed by atoms with Crippen molar-refractivity contribution >= 4 is 17.3 Å². The number of hydrogen-bond acceptors (Lipinski definition) is 2. The van der Waals surface area contributed by atoms with Gasteiger partial charge in [-0.1, -0.05) is 11.6 Å². The van der Waals surface area contributed by atoms with Crippen molar-refractivity contribution < 1.29 is 4.74 Å². The standard InChI is InChI=1S/C11H16ClNO/c1-11(2,3)14-8-13-10-6-4-9(12)5-7-10/h4-7,13H,8H2,1-3H3. The first kappa shape index (κ1) is 11.3. The Labute approximate surface area is 90.2 Å². The van der Waals surface area contributed by atoms with E-state index >= 15 is 0 Å². The maximum atomic E-state index is 5.76. The molecule has 0 spiro atoms. The van der Waals surface area contributed by atoms with Crippen LogP contribution in [0.5, 0.6) is 0 Å². The van der Waals surface area contributed by atoms with E-state index in [1.807, 2.05) is 45.0 Å². The number of nitrogens with one attached hydrogen (secondary N) is 1. The Morgan fingerprint density at radius 2 is 1.79 bits per heavy atom. The molecule has 1 aromatic rings. The van der Waals surface area contributed by atoms with E-state index in [-0.39, 0.29) is 5.60 Å². The number of ether oxygens (including phenoxy) is 1. The molecule has 0 bridgehead atoms. The summed E-state index contributed by atoms with van der Waals surface area (Å²) in [5.41, 5.74) is 0.901. The maximum absolute atomic E-state index is 5.76. The highest BCUT2D eigenvalue weighted by molar-refractivity contribution is 6.30. The number of halogens is 1. The van der Waals surface area contributed by atoms with E-state index in [2.05, 4.69) is 5.32 Å². The molecule has 0 atom stereocenters. The number of benzene rings is 1. The Morgan fingerprint density at radius 3 is 2.29 bits per heavy atom. The van der Waals surface area contributed by atoms with E-state index in [1.165, 1.54) is 0 Å².